The lowest BCUT2D eigenvalue weighted by Crippen LogP contribution is -2.54. The summed E-state index contributed by atoms with van der Waals surface area (Å²) in [5.41, 5.74) is 1.53. The predicted octanol–water partition coefficient (Wildman–Crippen LogP) is 4.08. The highest BCUT2D eigenvalue weighted by Gasteiger charge is 2.54. The molecule has 2 aromatic rings. The molecule has 1 aliphatic heterocycles. The van der Waals surface area contributed by atoms with E-state index in [9.17, 15) is 9.59 Å². The summed E-state index contributed by atoms with van der Waals surface area (Å²) in [7, 11) is 0. The zero-order valence-corrected chi connectivity index (χ0v) is 17.4. The molecule has 5 heteroatoms. The second kappa shape index (κ2) is 6.03. The number of hydrogen-bond acceptors (Lipinski definition) is 4. The van der Waals surface area contributed by atoms with E-state index in [1.54, 1.807) is 0 Å². The minimum absolute atomic E-state index is 0.0687. The first kappa shape index (κ1) is 18.9. The number of benzene rings is 1. The molecule has 1 fully saturated rings. The second-order valence-corrected chi connectivity index (χ2v) is 10.1. The van der Waals surface area contributed by atoms with E-state index in [2.05, 4.69) is 26.1 Å². The maximum atomic E-state index is 13.2. The molecule has 5 nitrogen and oxygen atoms in total. The van der Waals surface area contributed by atoms with Crippen molar-refractivity contribution in [2.24, 2.45) is 10.8 Å². The Bertz CT molecular complexity index is 928. The highest BCUT2D eigenvalue weighted by Crippen LogP contribution is 2.47. The number of aromatic nitrogens is 2. The summed E-state index contributed by atoms with van der Waals surface area (Å²) in [5.74, 6) is 1.05. The Hall–Kier alpha value is -2.43. The minimum Gasteiger partial charge on any atom is -0.368 e. The van der Waals surface area contributed by atoms with Crippen LogP contribution in [0.1, 0.15) is 58.7 Å². The molecular formula is C23H29N3O2. The van der Waals surface area contributed by atoms with Crippen molar-refractivity contribution in [1.82, 2.24) is 9.78 Å². The monoisotopic (exact) mass is 379 g/mol. The number of rotatable bonds is 1. The number of ketones is 2. The normalized spacial score (nSPS) is 20.8. The molecule has 1 spiro atoms. The number of Topliss-reactive ketones (excluding diaryl/α,β-unsaturated/α-hetero) is 2. The van der Waals surface area contributed by atoms with Crippen LogP contribution in [0.5, 0.6) is 0 Å². The topological polar surface area (TPSA) is 64.0 Å². The summed E-state index contributed by atoms with van der Waals surface area (Å²) < 4.78 is 1.92. The predicted molar refractivity (Wildman–Crippen MR) is 110 cm³/mol. The third-order valence-corrected chi connectivity index (χ3v) is 6.08. The van der Waals surface area contributed by atoms with Crippen molar-refractivity contribution in [2.75, 3.05) is 11.9 Å². The van der Waals surface area contributed by atoms with Gasteiger partial charge in [0.1, 0.15) is 22.8 Å². The van der Waals surface area contributed by atoms with Crippen LogP contribution in [-0.4, -0.2) is 27.9 Å². The number of nitrogens with zero attached hydrogens (tertiary/aromatic N) is 2. The number of hydrogen-bond donors (Lipinski definition) is 1. The van der Waals surface area contributed by atoms with Gasteiger partial charge in [0.05, 0.1) is 11.4 Å². The van der Waals surface area contributed by atoms with E-state index in [0.717, 1.165) is 22.8 Å². The summed E-state index contributed by atoms with van der Waals surface area (Å²) in [6.45, 7) is 10.7. The van der Waals surface area contributed by atoms with E-state index < -0.39 is 5.41 Å². The first-order valence-electron chi connectivity index (χ1n) is 10.0. The van der Waals surface area contributed by atoms with E-state index in [0.29, 0.717) is 25.8 Å². The molecule has 0 atom stereocenters. The summed E-state index contributed by atoms with van der Waals surface area (Å²) >= 11 is 0. The molecule has 148 valence electrons. The molecule has 1 aromatic carbocycles. The van der Waals surface area contributed by atoms with Crippen LogP contribution in [0.4, 0.5) is 5.82 Å². The van der Waals surface area contributed by atoms with Gasteiger partial charge in [0.2, 0.25) is 0 Å². The van der Waals surface area contributed by atoms with Crippen molar-refractivity contribution in [3.05, 3.63) is 41.6 Å². The summed E-state index contributed by atoms with van der Waals surface area (Å²) in [6.07, 6.45) is 1.35. The van der Waals surface area contributed by atoms with Crippen LogP contribution in [0.15, 0.2) is 30.3 Å². The molecule has 1 aliphatic carbocycles. The molecule has 0 unspecified atom stereocenters. The fourth-order valence-electron chi connectivity index (χ4n) is 4.58. The lowest BCUT2D eigenvalue weighted by Gasteiger charge is -2.43. The van der Waals surface area contributed by atoms with Gasteiger partial charge in [0, 0.05) is 30.4 Å². The van der Waals surface area contributed by atoms with Gasteiger partial charge in [-0.05, 0) is 24.0 Å². The van der Waals surface area contributed by atoms with Gasteiger partial charge in [-0.3, -0.25) is 9.59 Å². The van der Waals surface area contributed by atoms with E-state index in [1.165, 1.54) is 0 Å². The standard InChI is InChI=1S/C23H29N3O2/c1-21(2,3)19-16-11-23(17(27)12-22(4,5)13-18(23)28)14-24-20(16)26(25-19)15-9-7-6-8-10-15/h6-10,24H,11-14H2,1-5H3. The third-order valence-electron chi connectivity index (χ3n) is 6.08. The minimum atomic E-state index is -0.951. The van der Waals surface area contributed by atoms with Crippen molar-refractivity contribution >= 4 is 17.4 Å². The van der Waals surface area contributed by atoms with Crippen LogP contribution < -0.4 is 5.32 Å². The number of anilines is 1. The van der Waals surface area contributed by atoms with Crippen molar-refractivity contribution < 1.29 is 9.59 Å². The maximum absolute atomic E-state index is 13.2. The third kappa shape index (κ3) is 2.88. The Labute approximate surface area is 166 Å². The van der Waals surface area contributed by atoms with Crippen LogP contribution in [0.2, 0.25) is 0 Å². The molecule has 1 saturated carbocycles. The van der Waals surface area contributed by atoms with Crippen LogP contribution in [-0.2, 0) is 21.4 Å². The van der Waals surface area contributed by atoms with Gasteiger partial charge in [-0.1, -0.05) is 52.8 Å². The van der Waals surface area contributed by atoms with E-state index in [4.69, 9.17) is 5.10 Å². The van der Waals surface area contributed by atoms with Crippen molar-refractivity contribution in [3.8, 4) is 5.69 Å². The summed E-state index contributed by atoms with van der Waals surface area (Å²) in [5, 5.41) is 8.35. The van der Waals surface area contributed by atoms with Crippen LogP contribution in [0, 0.1) is 10.8 Å². The first-order valence-corrected chi connectivity index (χ1v) is 10.0. The van der Waals surface area contributed by atoms with Gasteiger partial charge in [0.15, 0.2) is 0 Å². The molecule has 0 bridgehead atoms. The smallest absolute Gasteiger partial charge is 0.149 e. The second-order valence-electron chi connectivity index (χ2n) is 10.1. The average Bonchev–Trinajstić information content (AvgIpc) is 2.99. The number of carbonyl (C=O) groups excluding carboxylic acids is 2. The van der Waals surface area contributed by atoms with Gasteiger partial charge < -0.3 is 5.32 Å². The lowest BCUT2D eigenvalue weighted by molar-refractivity contribution is -0.147. The van der Waals surface area contributed by atoms with Crippen LogP contribution in [0.25, 0.3) is 5.69 Å². The van der Waals surface area contributed by atoms with Crippen molar-refractivity contribution in [3.63, 3.8) is 0 Å². The molecule has 0 saturated heterocycles. The quantitative estimate of drug-likeness (QED) is 0.758. The van der Waals surface area contributed by atoms with Gasteiger partial charge in [-0.15, -0.1) is 0 Å². The fourth-order valence-corrected chi connectivity index (χ4v) is 4.58. The largest absolute Gasteiger partial charge is 0.368 e. The molecular weight excluding hydrogens is 350 g/mol. The van der Waals surface area contributed by atoms with Gasteiger partial charge in [-0.2, -0.15) is 5.10 Å². The molecule has 4 rings (SSSR count). The van der Waals surface area contributed by atoms with Gasteiger partial charge in [0.25, 0.3) is 0 Å². The number of fused-ring (bicyclic) bond motifs is 1. The highest BCUT2D eigenvalue weighted by atomic mass is 16.2. The summed E-state index contributed by atoms with van der Waals surface area (Å²) in [4.78, 5) is 26.3. The van der Waals surface area contributed by atoms with Gasteiger partial charge in [-0.25, -0.2) is 4.68 Å². The Balaban J connectivity index is 1.84. The Morgan fingerprint density at radius 2 is 1.61 bits per heavy atom. The van der Waals surface area contributed by atoms with Crippen LogP contribution >= 0.6 is 0 Å². The zero-order valence-electron chi connectivity index (χ0n) is 17.4. The fraction of sp³-hybridized carbons (Fsp3) is 0.522. The van der Waals surface area contributed by atoms with Crippen molar-refractivity contribution in [2.45, 2.75) is 59.3 Å². The number of carbonyl (C=O) groups is 2. The molecule has 1 aromatic heterocycles. The maximum Gasteiger partial charge on any atom is 0.149 e. The summed E-state index contributed by atoms with van der Waals surface area (Å²) in [6, 6.07) is 9.99. The van der Waals surface area contributed by atoms with Gasteiger partial charge >= 0.3 is 0 Å². The molecule has 0 radical (unpaired) electrons. The van der Waals surface area contributed by atoms with Crippen molar-refractivity contribution in [1.29, 1.82) is 0 Å². The van der Waals surface area contributed by atoms with E-state index in [1.807, 2.05) is 48.9 Å². The molecule has 2 heterocycles. The number of para-hydroxylation sites is 1. The number of nitrogens with one attached hydrogen (secondary N) is 1. The highest BCUT2D eigenvalue weighted by molar-refractivity contribution is 6.11. The van der Waals surface area contributed by atoms with E-state index >= 15 is 0 Å². The van der Waals surface area contributed by atoms with E-state index in [-0.39, 0.29) is 22.4 Å². The molecule has 0 amide bonds. The zero-order chi connectivity index (χ0) is 20.3. The molecule has 2 aliphatic rings. The SMILES string of the molecule is CC1(C)CC(=O)C2(CNc3c(c(C(C)(C)C)nn3-c3ccccc3)C2)C(=O)C1. The molecule has 1 N–H and O–H groups in total. The van der Waals surface area contributed by atoms with Crippen LogP contribution in [0.3, 0.4) is 0 Å². The molecule has 28 heavy (non-hydrogen) atoms. The average molecular weight is 380 g/mol. The Morgan fingerprint density at radius 3 is 2.18 bits per heavy atom. The Kier molecular flexibility index (Phi) is 4.07. The lowest BCUT2D eigenvalue weighted by atomic mass is 9.60. The Morgan fingerprint density at radius 1 is 1.00 bits per heavy atom. The first-order chi connectivity index (χ1) is 13.0.